The zero-order valence-electron chi connectivity index (χ0n) is 13.8. The van der Waals surface area contributed by atoms with Gasteiger partial charge in [-0.1, -0.05) is 0 Å². The van der Waals surface area contributed by atoms with Gasteiger partial charge in [0.05, 0.1) is 12.6 Å². The Morgan fingerprint density at radius 3 is 2.80 bits per heavy atom. The van der Waals surface area contributed by atoms with Crippen molar-refractivity contribution in [2.75, 3.05) is 20.2 Å². The third-order valence-corrected chi connectivity index (χ3v) is 6.01. The number of piperidine rings is 1. The highest BCUT2D eigenvalue weighted by molar-refractivity contribution is 7.97. The maximum atomic E-state index is 6.15. The topological polar surface area (TPSA) is 60.4 Å². The number of ether oxygens (including phenoxy) is 2. The van der Waals surface area contributed by atoms with E-state index in [-0.39, 0.29) is 6.10 Å². The summed E-state index contributed by atoms with van der Waals surface area (Å²) >= 11 is 3.36. The van der Waals surface area contributed by atoms with Gasteiger partial charge in [-0.15, -0.1) is 11.3 Å². The van der Waals surface area contributed by atoms with Crippen LogP contribution in [0.2, 0.25) is 0 Å². The van der Waals surface area contributed by atoms with Crippen molar-refractivity contribution >= 4 is 33.5 Å². The number of hydrogen-bond acceptors (Lipinski definition) is 8. The molecule has 25 heavy (non-hydrogen) atoms. The predicted molar refractivity (Wildman–Crippen MR) is 99.3 cm³/mol. The van der Waals surface area contributed by atoms with Gasteiger partial charge in [0, 0.05) is 30.2 Å². The molecule has 130 valence electrons. The molecule has 0 spiro atoms. The Kier molecular flexibility index (Phi) is 5.00. The molecule has 0 unspecified atom stereocenters. The van der Waals surface area contributed by atoms with Gasteiger partial charge in [0.2, 0.25) is 11.8 Å². The van der Waals surface area contributed by atoms with E-state index in [4.69, 9.17) is 9.47 Å². The number of pyridine rings is 1. The van der Waals surface area contributed by atoms with Crippen molar-refractivity contribution in [3.05, 3.63) is 36.1 Å². The van der Waals surface area contributed by atoms with E-state index >= 15 is 0 Å². The molecule has 0 amide bonds. The van der Waals surface area contributed by atoms with Gasteiger partial charge in [-0.05, 0) is 42.3 Å². The average Bonchev–Trinajstić information content (AvgIpc) is 3.14. The van der Waals surface area contributed by atoms with Crippen LogP contribution in [0.5, 0.6) is 11.8 Å². The monoisotopic (exact) mass is 374 g/mol. The number of aromatic nitrogens is 3. The van der Waals surface area contributed by atoms with Crippen LogP contribution in [0.4, 0.5) is 0 Å². The molecule has 3 aromatic rings. The van der Waals surface area contributed by atoms with Gasteiger partial charge < -0.3 is 9.47 Å². The lowest BCUT2D eigenvalue weighted by atomic mass is 10.1. The molecule has 0 aromatic carbocycles. The van der Waals surface area contributed by atoms with Crippen LogP contribution >= 0.6 is 23.3 Å². The van der Waals surface area contributed by atoms with Crippen molar-refractivity contribution < 1.29 is 9.47 Å². The number of thiophene rings is 1. The van der Waals surface area contributed by atoms with Gasteiger partial charge in [-0.25, -0.2) is 19.3 Å². The summed E-state index contributed by atoms with van der Waals surface area (Å²) in [5.41, 5.74) is 0.954. The average molecular weight is 374 g/mol. The number of rotatable bonds is 5. The highest BCUT2D eigenvalue weighted by atomic mass is 32.2. The van der Waals surface area contributed by atoms with Crippen LogP contribution in [0.1, 0.15) is 12.8 Å². The van der Waals surface area contributed by atoms with Gasteiger partial charge >= 0.3 is 0 Å². The fourth-order valence-corrected chi connectivity index (χ4v) is 4.44. The highest BCUT2D eigenvalue weighted by Gasteiger charge is 2.22. The lowest BCUT2D eigenvalue weighted by Crippen LogP contribution is -2.34. The van der Waals surface area contributed by atoms with E-state index in [2.05, 4.69) is 19.3 Å². The molecular weight excluding hydrogens is 356 g/mol. The van der Waals surface area contributed by atoms with Gasteiger partial charge in [-0.2, -0.15) is 0 Å². The third kappa shape index (κ3) is 3.86. The van der Waals surface area contributed by atoms with Crippen LogP contribution in [0.3, 0.4) is 0 Å². The first kappa shape index (κ1) is 16.6. The molecule has 0 radical (unpaired) electrons. The zero-order valence-corrected chi connectivity index (χ0v) is 15.4. The summed E-state index contributed by atoms with van der Waals surface area (Å²) in [5.74, 6) is 1.35. The number of methoxy groups -OCH3 is 1. The molecule has 0 saturated carbocycles. The zero-order chi connectivity index (χ0) is 17.1. The molecular formula is C17H18N4O2S2. The minimum atomic E-state index is 0.200. The lowest BCUT2D eigenvalue weighted by Gasteiger charge is -2.30. The SMILES string of the molecule is COc1ccc(SN2CCC(Oc3ncnc4ccsc34)CC2)cn1. The summed E-state index contributed by atoms with van der Waals surface area (Å²) in [6, 6.07) is 5.92. The Morgan fingerprint density at radius 2 is 2.04 bits per heavy atom. The molecule has 0 atom stereocenters. The second-order valence-electron chi connectivity index (χ2n) is 5.69. The first-order valence-corrected chi connectivity index (χ1v) is 9.75. The van der Waals surface area contributed by atoms with Crippen molar-refractivity contribution in [1.29, 1.82) is 0 Å². The van der Waals surface area contributed by atoms with Crippen LogP contribution in [0.15, 0.2) is 41.0 Å². The van der Waals surface area contributed by atoms with Gasteiger partial charge in [0.15, 0.2) is 0 Å². The minimum absolute atomic E-state index is 0.200. The molecule has 4 heterocycles. The van der Waals surface area contributed by atoms with Crippen molar-refractivity contribution in [1.82, 2.24) is 19.3 Å². The molecule has 4 rings (SSSR count). The molecule has 3 aromatic heterocycles. The summed E-state index contributed by atoms with van der Waals surface area (Å²) < 4.78 is 14.6. The van der Waals surface area contributed by atoms with Crippen LogP contribution in [0.25, 0.3) is 10.2 Å². The molecule has 1 aliphatic rings. The standard InChI is InChI=1S/C17H18N4O2S2/c1-22-15-3-2-13(10-18-15)25-21-7-4-12(5-8-21)23-17-16-14(6-9-24-16)19-11-20-17/h2-3,6,9-12H,4-5,7-8H2,1H3. The molecule has 0 bridgehead atoms. The minimum Gasteiger partial charge on any atom is -0.481 e. The molecule has 1 fully saturated rings. The highest BCUT2D eigenvalue weighted by Crippen LogP contribution is 2.31. The van der Waals surface area contributed by atoms with E-state index in [1.165, 1.54) is 0 Å². The summed E-state index contributed by atoms with van der Waals surface area (Å²) in [7, 11) is 1.63. The summed E-state index contributed by atoms with van der Waals surface area (Å²) in [6.07, 6.45) is 5.58. The molecule has 8 heteroatoms. The molecule has 0 N–H and O–H groups in total. The van der Waals surface area contributed by atoms with E-state index in [9.17, 15) is 0 Å². The second kappa shape index (κ2) is 7.55. The Hall–Kier alpha value is -1.90. The molecule has 1 aliphatic heterocycles. The Morgan fingerprint density at radius 1 is 1.16 bits per heavy atom. The van der Waals surface area contributed by atoms with Crippen LogP contribution in [-0.2, 0) is 0 Å². The molecule has 6 nitrogen and oxygen atoms in total. The van der Waals surface area contributed by atoms with E-state index < -0.39 is 0 Å². The normalized spacial score (nSPS) is 16.2. The van der Waals surface area contributed by atoms with Crippen molar-refractivity contribution in [2.45, 2.75) is 23.8 Å². The van der Waals surface area contributed by atoms with Crippen LogP contribution in [-0.4, -0.2) is 45.6 Å². The lowest BCUT2D eigenvalue weighted by molar-refractivity contribution is 0.135. The van der Waals surface area contributed by atoms with Gasteiger partial charge in [0.25, 0.3) is 0 Å². The molecule has 0 aliphatic carbocycles. The molecule has 1 saturated heterocycles. The van der Waals surface area contributed by atoms with E-state index in [1.54, 1.807) is 36.7 Å². The number of fused-ring (bicyclic) bond motifs is 1. The third-order valence-electron chi connectivity index (χ3n) is 4.04. The first-order chi connectivity index (χ1) is 12.3. The smallest absolute Gasteiger partial charge is 0.235 e. The van der Waals surface area contributed by atoms with Crippen molar-refractivity contribution in [3.63, 3.8) is 0 Å². The van der Waals surface area contributed by atoms with Crippen molar-refractivity contribution in [3.8, 4) is 11.8 Å². The quantitative estimate of drug-likeness (QED) is 0.632. The van der Waals surface area contributed by atoms with Gasteiger partial charge in [0.1, 0.15) is 17.1 Å². The fraction of sp³-hybridized carbons (Fsp3) is 0.353. The summed E-state index contributed by atoms with van der Waals surface area (Å²) in [6.45, 7) is 1.94. The van der Waals surface area contributed by atoms with E-state index in [0.717, 1.165) is 41.0 Å². The number of hydrogen-bond donors (Lipinski definition) is 0. The summed E-state index contributed by atoms with van der Waals surface area (Å²) in [4.78, 5) is 13.9. The maximum Gasteiger partial charge on any atom is 0.235 e. The first-order valence-electron chi connectivity index (χ1n) is 8.09. The Bertz CT molecular complexity index is 832. The van der Waals surface area contributed by atoms with E-state index in [0.29, 0.717) is 11.8 Å². The van der Waals surface area contributed by atoms with E-state index in [1.807, 2.05) is 29.8 Å². The van der Waals surface area contributed by atoms with Crippen molar-refractivity contribution in [2.24, 2.45) is 0 Å². The summed E-state index contributed by atoms with van der Waals surface area (Å²) in [5, 5.41) is 2.02. The second-order valence-corrected chi connectivity index (χ2v) is 7.77. The maximum absolute atomic E-state index is 6.15. The fourth-order valence-electron chi connectivity index (χ4n) is 2.74. The van der Waals surface area contributed by atoms with Crippen LogP contribution < -0.4 is 9.47 Å². The number of nitrogens with zero attached hydrogens (tertiary/aromatic N) is 4. The predicted octanol–water partition coefficient (Wildman–Crippen LogP) is 3.65. The van der Waals surface area contributed by atoms with Crippen LogP contribution in [0, 0.1) is 0 Å². The van der Waals surface area contributed by atoms with Gasteiger partial charge in [-0.3, -0.25) is 0 Å². The Labute approximate surface area is 154 Å². The largest absolute Gasteiger partial charge is 0.481 e. The Balaban J connectivity index is 1.32.